The van der Waals surface area contributed by atoms with Crippen LogP contribution >= 0.6 is 0 Å². The first-order chi connectivity index (χ1) is 10.1. The van der Waals surface area contributed by atoms with Gasteiger partial charge in [0.05, 0.1) is 17.7 Å². The van der Waals surface area contributed by atoms with Crippen molar-refractivity contribution in [2.75, 3.05) is 5.73 Å². The smallest absolute Gasteiger partial charge is 0.156 e. The molecule has 0 saturated carbocycles. The SMILES string of the molecule is CC(C)Oc1ccc(-c2nn(CC#N)c(N)c2C=O)cc1. The molecule has 1 aromatic heterocycles. The van der Waals surface area contributed by atoms with Crippen LogP contribution in [0, 0.1) is 11.3 Å². The van der Waals surface area contributed by atoms with E-state index in [1.54, 1.807) is 0 Å². The van der Waals surface area contributed by atoms with Gasteiger partial charge in [-0.05, 0) is 38.1 Å². The van der Waals surface area contributed by atoms with E-state index in [0.717, 1.165) is 11.3 Å². The zero-order valence-electron chi connectivity index (χ0n) is 11.9. The number of rotatable bonds is 5. The molecule has 0 unspecified atom stereocenters. The third kappa shape index (κ3) is 3.03. The molecule has 1 aromatic carbocycles. The molecule has 0 fully saturated rings. The predicted molar refractivity (Wildman–Crippen MR) is 78.8 cm³/mol. The highest BCUT2D eigenvalue weighted by molar-refractivity contribution is 5.91. The second kappa shape index (κ2) is 6.09. The average molecular weight is 284 g/mol. The summed E-state index contributed by atoms with van der Waals surface area (Å²) in [6.45, 7) is 3.90. The quantitative estimate of drug-likeness (QED) is 0.850. The van der Waals surface area contributed by atoms with Crippen molar-refractivity contribution < 1.29 is 9.53 Å². The Morgan fingerprint density at radius 2 is 2.10 bits per heavy atom. The fourth-order valence-corrected chi connectivity index (χ4v) is 1.97. The monoisotopic (exact) mass is 284 g/mol. The summed E-state index contributed by atoms with van der Waals surface area (Å²) in [5.74, 6) is 0.940. The minimum absolute atomic E-state index is 0.00121. The van der Waals surface area contributed by atoms with E-state index in [0.29, 0.717) is 17.5 Å². The van der Waals surface area contributed by atoms with E-state index >= 15 is 0 Å². The lowest BCUT2D eigenvalue weighted by Gasteiger charge is -2.09. The van der Waals surface area contributed by atoms with E-state index in [1.165, 1.54) is 4.68 Å². The minimum Gasteiger partial charge on any atom is -0.491 e. The van der Waals surface area contributed by atoms with Crippen molar-refractivity contribution in [2.45, 2.75) is 26.5 Å². The Labute approximate surface area is 122 Å². The topological polar surface area (TPSA) is 93.9 Å². The summed E-state index contributed by atoms with van der Waals surface area (Å²) in [5, 5.41) is 13.0. The van der Waals surface area contributed by atoms with Gasteiger partial charge in [0.2, 0.25) is 0 Å². The van der Waals surface area contributed by atoms with Crippen LogP contribution in [0.3, 0.4) is 0 Å². The van der Waals surface area contributed by atoms with Crippen molar-refractivity contribution in [1.82, 2.24) is 9.78 Å². The van der Waals surface area contributed by atoms with Crippen molar-refractivity contribution in [3.8, 4) is 23.1 Å². The number of benzene rings is 1. The molecular formula is C15H16N4O2. The van der Waals surface area contributed by atoms with Crippen LogP contribution in [0.5, 0.6) is 5.75 Å². The first kappa shape index (κ1) is 14.6. The second-order valence-electron chi connectivity index (χ2n) is 4.77. The summed E-state index contributed by atoms with van der Waals surface area (Å²) in [5.41, 5.74) is 7.33. The van der Waals surface area contributed by atoms with Gasteiger partial charge in [0.15, 0.2) is 6.29 Å². The first-order valence-corrected chi connectivity index (χ1v) is 6.52. The maximum Gasteiger partial charge on any atom is 0.156 e. The molecule has 2 rings (SSSR count). The maximum absolute atomic E-state index is 11.2. The Morgan fingerprint density at radius 3 is 2.62 bits per heavy atom. The Kier molecular flexibility index (Phi) is 4.24. The Hall–Kier alpha value is -2.81. The molecule has 0 spiro atoms. The fraction of sp³-hybridized carbons (Fsp3) is 0.267. The molecule has 0 bridgehead atoms. The lowest BCUT2D eigenvalue weighted by Crippen LogP contribution is -2.05. The van der Waals surface area contributed by atoms with E-state index < -0.39 is 0 Å². The number of nitrogens with two attached hydrogens (primary N) is 1. The maximum atomic E-state index is 11.2. The van der Waals surface area contributed by atoms with Crippen LogP contribution in [-0.4, -0.2) is 22.2 Å². The van der Waals surface area contributed by atoms with Gasteiger partial charge in [-0.1, -0.05) is 0 Å². The molecular weight excluding hydrogens is 268 g/mol. The molecule has 2 aromatic rings. The molecule has 6 heteroatoms. The van der Waals surface area contributed by atoms with Crippen molar-refractivity contribution in [1.29, 1.82) is 5.26 Å². The first-order valence-electron chi connectivity index (χ1n) is 6.52. The molecule has 1 heterocycles. The number of nitrogens with zero attached hydrogens (tertiary/aromatic N) is 3. The molecule has 0 aliphatic heterocycles. The van der Waals surface area contributed by atoms with Gasteiger partial charge < -0.3 is 10.5 Å². The second-order valence-corrected chi connectivity index (χ2v) is 4.77. The molecule has 0 aliphatic carbocycles. The number of nitrogen functional groups attached to an aromatic ring is 1. The van der Waals surface area contributed by atoms with Crippen LogP contribution in [-0.2, 0) is 6.54 Å². The van der Waals surface area contributed by atoms with Crippen molar-refractivity contribution in [2.24, 2.45) is 0 Å². The molecule has 21 heavy (non-hydrogen) atoms. The number of carbonyl (C=O) groups excluding carboxylic acids is 1. The standard InChI is InChI=1S/C15H16N4O2/c1-10(2)21-12-5-3-11(4-6-12)14-13(9-20)15(17)19(18-14)8-7-16/h3-6,9-10H,8,17H2,1-2H3. The summed E-state index contributed by atoms with van der Waals surface area (Å²) in [4.78, 5) is 11.2. The number of nitriles is 1. The summed E-state index contributed by atoms with van der Waals surface area (Å²) < 4.78 is 6.88. The van der Waals surface area contributed by atoms with Gasteiger partial charge in [-0.3, -0.25) is 4.79 Å². The van der Waals surface area contributed by atoms with Gasteiger partial charge in [-0.15, -0.1) is 0 Å². The predicted octanol–water partition coefficient (Wildman–Crippen LogP) is 2.26. The summed E-state index contributed by atoms with van der Waals surface area (Å²) in [6, 6.07) is 9.19. The average Bonchev–Trinajstić information content (AvgIpc) is 2.76. The van der Waals surface area contributed by atoms with Gasteiger partial charge in [-0.25, -0.2) is 4.68 Å². The number of hydrogen-bond acceptors (Lipinski definition) is 5. The van der Waals surface area contributed by atoms with Crippen LogP contribution in [0.15, 0.2) is 24.3 Å². The number of carbonyl (C=O) groups is 1. The van der Waals surface area contributed by atoms with Crippen LogP contribution in [0.4, 0.5) is 5.82 Å². The molecule has 6 nitrogen and oxygen atoms in total. The van der Waals surface area contributed by atoms with E-state index in [9.17, 15) is 4.79 Å². The highest BCUT2D eigenvalue weighted by Crippen LogP contribution is 2.27. The van der Waals surface area contributed by atoms with Crippen LogP contribution in [0.25, 0.3) is 11.3 Å². The number of ether oxygens (including phenoxy) is 1. The number of hydrogen-bond donors (Lipinski definition) is 1. The third-order valence-electron chi connectivity index (χ3n) is 2.87. The molecule has 0 aliphatic rings. The van der Waals surface area contributed by atoms with Gasteiger partial charge in [0, 0.05) is 5.56 Å². The molecule has 0 radical (unpaired) electrons. The van der Waals surface area contributed by atoms with E-state index in [2.05, 4.69) is 5.10 Å². The Bertz CT molecular complexity index is 681. The third-order valence-corrected chi connectivity index (χ3v) is 2.87. The van der Waals surface area contributed by atoms with Gasteiger partial charge in [-0.2, -0.15) is 10.4 Å². The zero-order chi connectivity index (χ0) is 15.4. The summed E-state index contributed by atoms with van der Waals surface area (Å²) >= 11 is 0. The van der Waals surface area contributed by atoms with E-state index in [4.69, 9.17) is 15.7 Å². The van der Waals surface area contributed by atoms with Crippen molar-refractivity contribution in [3.05, 3.63) is 29.8 Å². The van der Waals surface area contributed by atoms with Crippen LogP contribution < -0.4 is 10.5 Å². The van der Waals surface area contributed by atoms with Gasteiger partial charge in [0.1, 0.15) is 23.8 Å². The minimum atomic E-state index is 0.00121. The molecule has 108 valence electrons. The van der Waals surface area contributed by atoms with Crippen molar-refractivity contribution >= 4 is 12.1 Å². The lowest BCUT2D eigenvalue weighted by atomic mass is 10.1. The molecule has 0 amide bonds. The summed E-state index contributed by atoms with van der Waals surface area (Å²) in [7, 11) is 0. The van der Waals surface area contributed by atoms with E-state index in [1.807, 2.05) is 44.2 Å². The summed E-state index contributed by atoms with van der Waals surface area (Å²) in [6.07, 6.45) is 0.747. The normalized spacial score (nSPS) is 10.4. The van der Waals surface area contributed by atoms with E-state index in [-0.39, 0.29) is 18.5 Å². The Morgan fingerprint density at radius 1 is 1.43 bits per heavy atom. The number of aldehydes is 1. The molecule has 0 saturated heterocycles. The van der Waals surface area contributed by atoms with Crippen LogP contribution in [0.1, 0.15) is 24.2 Å². The molecule has 0 atom stereocenters. The highest BCUT2D eigenvalue weighted by atomic mass is 16.5. The fourth-order valence-electron chi connectivity index (χ4n) is 1.97. The largest absolute Gasteiger partial charge is 0.491 e. The number of anilines is 1. The van der Waals surface area contributed by atoms with Gasteiger partial charge in [0.25, 0.3) is 0 Å². The van der Waals surface area contributed by atoms with Crippen LogP contribution in [0.2, 0.25) is 0 Å². The number of aromatic nitrogens is 2. The molecule has 2 N–H and O–H groups in total. The lowest BCUT2D eigenvalue weighted by molar-refractivity contribution is 0.112. The van der Waals surface area contributed by atoms with Gasteiger partial charge >= 0.3 is 0 Å². The van der Waals surface area contributed by atoms with Crippen molar-refractivity contribution in [3.63, 3.8) is 0 Å². The highest BCUT2D eigenvalue weighted by Gasteiger charge is 2.16. The Balaban J connectivity index is 2.39. The zero-order valence-corrected chi connectivity index (χ0v) is 11.9.